The Morgan fingerprint density at radius 2 is 1.55 bits per heavy atom. The smallest absolute Gasteiger partial charge is 0.335 e. The van der Waals surface area contributed by atoms with Crippen molar-refractivity contribution in [3.8, 4) is 11.5 Å². The van der Waals surface area contributed by atoms with Crippen LogP contribution in [0.1, 0.15) is 16.7 Å². The molecule has 4 aromatic rings. The Kier molecular flexibility index (Phi) is 8.28. The minimum absolute atomic E-state index is 0.180. The topological polar surface area (TPSA) is 84.9 Å². The summed E-state index contributed by atoms with van der Waals surface area (Å²) in [5.74, 6) is -0.370. The van der Waals surface area contributed by atoms with Crippen LogP contribution in [-0.2, 0) is 22.8 Å². The van der Waals surface area contributed by atoms with Crippen molar-refractivity contribution in [2.45, 2.75) is 13.2 Å². The molecule has 0 saturated carbocycles. The second-order valence-electron chi connectivity index (χ2n) is 8.80. The first-order valence-electron chi connectivity index (χ1n) is 12.2. The summed E-state index contributed by atoms with van der Waals surface area (Å²) >= 11 is 9.68. The molecule has 1 fully saturated rings. The van der Waals surface area contributed by atoms with Crippen molar-refractivity contribution in [2.75, 3.05) is 4.90 Å². The predicted molar refractivity (Wildman–Crippen MR) is 156 cm³/mol. The number of imide groups is 2. The molecule has 1 saturated heterocycles. The van der Waals surface area contributed by atoms with Gasteiger partial charge >= 0.3 is 6.03 Å². The van der Waals surface area contributed by atoms with E-state index in [1.165, 1.54) is 6.08 Å². The molecule has 1 aliphatic rings. The van der Waals surface area contributed by atoms with Gasteiger partial charge in [-0.3, -0.25) is 14.9 Å². The molecule has 40 heavy (non-hydrogen) atoms. The third-order valence-corrected chi connectivity index (χ3v) is 7.04. The summed E-state index contributed by atoms with van der Waals surface area (Å²) in [7, 11) is 0. The summed E-state index contributed by atoms with van der Waals surface area (Å²) < 4.78 is 12.3. The Labute approximate surface area is 244 Å². The summed E-state index contributed by atoms with van der Waals surface area (Å²) in [5, 5.41) is 2.85. The van der Waals surface area contributed by atoms with Gasteiger partial charge in [-0.1, -0.05) is 66.2 Å². The average molecular weight is 618 g/mol. The number of halogens is 2. The van der Waals surface area contributed by atoms with E-state index in [9.17, 15) is 14.4 Å². The minimum atomic E-state index is -0.824. The van der Waals surface area contributed by atoms with E-state index >= 15 is 0 Å². The number of anilines is 1. The summed E-state index contributed by atoms with van der Waals surface area (Å²) in [6.45, 7) is 0.650. The van der Waals surface area contributed by atoms with Crippen LogP contribution in [0.25, 0.3) is 6.08 Å². The van der Waals surface area contributed by atoms with E-state index in [2.05, 4.69) is 21.2 Å². The number of barbiturate groups is 1. The van der Waals surface area contributed by atoms with Gasteiger partial charge in [-0.05, 0) is 75.6 Å². The molecule has 9 heteroatoms. The number of carbonyl (C=O) groups is 3. The summed E-state index contributed by atoms with van der Waals surface area (Å²) in [6, 6.07) is 27.9. The van der Waals surface area contributed by atoms with E-state index < -0.39 is 17.8 Å². The van der Waals surface area contributed by atoms with Crippen LogP contribution in [0.5, 0.6) is 11.5 Å². The van der Waals surface area contributed by atoms with E-state index in [0.29, 0.717) is 38.9 Å². The minimum Gasteiger partial charge on any atom is -0.489 e. The number of urea groups is 1. The maximum absolute atomic E-state index is 13.3. The quantitative estimate of drug-likeness (QED) is 0.171. The van der Waals surface area contributed by atoms with E-state index in [1.807, 2.05) is 48.5 Å². The van der Waals surface area contributed by atoms with Crippen LogP contribution >= 0.6 is 27.5 Å². The number of hydrogen-bond acceptors (Lipinski definition) is 5. The zero-order valence-corrected chi connectivity index (χ0v) is 23.3. The molecule has 0 aliphatic carbocycles. The summed E-state index contributed by atoms with van der Waals surface area (Å²) in [5.41, 5.74) is 2.54. The van der Waals surface area contributed by atoms with Crippen molar-refractivity contribution in [3.63, 3.8) is 0 Å². The highest BCUT2D eigenvalue weighted by molar-refractivity contribution is 9.10. The summed E-state index contributed by atoms with van der Waals surface area (Å²) in [4.78, 5) is 39.4. The van der Waals surface area contributed by atoms with Gasteiger partial charge < -0.3 is 9.47 Å². The van der Waals surface area contributed by atoms with Gasteiger partial charge in [-0.25, -0.2) is 9.69 Å². The third kappa shape index (κ3) is 6.25. The standard InChI is InChI=1S/C31H22BrClN2O5/c32-26-17-21(10-15-28(26)40-19-22-8-4-5-9-27(22)33)16-25-29(36)34-31(38)35(30(25)37)23-11-13-24(14-12-23)39-18-20-6-2-1-3-7-20/h1-17H,18-19H2,(H,34,36,38)/b25-16+. The molecule has 0 unspecified atom stereocenters. The van der Waals surface area contributed by atoms with Crippen molar-refractivity contribution in [1.29, 1.82) is 0 Å². The molecule has 1 N–H and O–H groups in total. The van der Waals surface area contributed by atoms with E-state index in [1.54, 1.807) is 48.5 Å². The number of nitrogens with one attached hydrogen (secondary N) is 1. The fraction of sp³-hybridized carbons (Fsp3) is 0.0645. The zero-order valence-electron chi connectivity index (χ0n) is 21.0. The predicted octanol–water partition coefficient (Wildman–Crippen LogP) is 6.93. The Bertz CT molecular complexity index is 1610. The molecule has 200 valence electrons. The van der Waals surface area contributed by atoms with Crippen molar-refractivity contribution >= 4 is 57.1 Å². The number of carbonyl (C=O) groups excluding carboxylic acids is 3. The van der Waals surface area contributed by atoms with Gasteiger partial charge in [0, 0.05) is 10.6 Å². The van der Waals surface area contributed by atoms with E-state index in [4.69, 9.17) is 21.1 Å². The highest BCUT2D eigenvalue weighted by Crippen LogP contribution is 2.30. The average Bonchev–Trinajstić information content (AvgIpc) is 2.95. The Morgan fingerprint density at radius 1 is 0.825 bits per heavy atom. The monoisotopic (exact) mass is 616 g/mol. The van der Waals surface area contributed by atoms with Crippen molar-refractivity contribution < 1.29 is 23.9 Å². The molecular formula is C31H22BrClN2O5. The first kappa shape index (κ1) is 27.2. The van der Waals surface area contributed by atoms with Crippen LogP contribution in [-0.4, -0.2) is 17.8 Å². The van der Waals surface area contributed by atoms with E-state index in [-0.39, 0.29) is 12.2 Å². The zero-order chi connectivity index (χ0) is 28.1. The lowest BCUT2D eigenvalue weighted by Gasteiger charge is -2.26. The van der Waals surface area contributed by atoms with Gasteiger partial charge in [0.15, 0.2) is 0 Å². The van der Waals surface area contributed by atoms with Crippen molar-refractivity contribution in [2.24, 2.45) is 0 Å². The molecule has 4 aromatic carbocycles. The second kappa shape index (κ2) is 12.2. The molecule has 0 aromatic heterocycles. The van der Waals surface area contributed by atoms with Crippen molar-refractivity contribution in [1.82, 2.24) is 5.32 Å². The number of hydrogen-bond donors (Lipinski definition) is 1. The normalized spacial score (nSPS) is 14.3. The Morgan fingerprint density at radius 3 is 2.27 bits per heavy atom. The first-order valence-corrected chi connectivity index (χ1v) is 13.4. The SMILES string of the molecule is O=C1NC(=O)N(c2ccc(OCc3ccccc3)cc2)C(=O)/C1=C/c1ccc(OCc2ccccc2Cl)c(Br)c1. The molecule has 0 atom stereocenters. The lowest BCUT2D eigenvalue weighted by molar-refractivity contribution is -0.122. The Hall–Kier alpha value is -4.40. The maximum atomic E-state index is 13.3. The lowest BCUT2D eigenvalue weighted by Crippen LogP contribution is -2.54. The Balaban J connectivity index is 1.30. The molecule has 7 nitrogen and oxygen atoms in total. The molecule has 1 heterocycles. The van der Waals surface area contributed by atoms with Gasteiger partial charge in [0.25, 0.3) is 11.8 Å². The first-order chi connectivity index (χ1) is 19.4. The molecule has 4 amide bonds. The van der Waals surface area contributed by atoms with Gasteiger partial charge in [0.2, 0.25) is 0 Å². The van der Waals surface area contributed by atoms with Crippen LogP contribution in [0, 0.1) is 0 Å². The summed E-state index contributed by atoms with van der Waals surface area (Å²) in [6.07, 6.45) is 1.43. The van der Waals surface area contributed by atoms with Crippen LogP contribution in [0.3, 0.4) is 0 Å². The maximum Gasteiger partial charge on any atom is 0.335 e. The van der Waals surface area contributed by atoms with Gasteiger partial charge in [-0.15, -0.1) is 0 Å². The van der Waals surface area contributed by atoms with Crippen LogP contribution < -0.4 is 19.7 Å². The van der Waals surface area contributed by atoms with Crippen molar-refractivity contribution in [3.05, 3.63) is 129 Å². The van der Waals surface area contributed by atoms with E-state index in [0.717, 1.165) is 16.0 Å². The van der Waals surface area contributed by atoms with Gasteiger partial charge in [0.1, 0.15) is 30.3 Å². The lowest BCUT2D eigenvalue weighted by atomic mass is 10.1. The number of ether oxygens (including phenoxy) is 2. The number of amides is 4. The molecule has 5 rings (SSSR count). The van der Waals surface area contributed by atoms with Crippen LogP contribution in [0.2, 0.25) is 5.02 Å². The molecule has 1 aliphatic heterocycles. The molecular weight excluding hydrogens is 596 g/mol. The number of rotatable bonds is 8. The number of nitrogens with zero attached hydrogens (tertiary/aromatic N) is 1. The number of benzene rings is 4. The highest BCUT2D eigenvalue weighted by atomic mass is 79.9. The fourth-order valence-electron chi connectivity index (χ4n) is 3.99. The van der Waals surface area contributed by atoms with Crippen LogP contribution in [0.4, 0.5) is 10.5 Å². The fourth-order valence-corrected chi connectivity index (χ4v) is 4.69. The van der Waals surface area contributed by atoms with Crippen LogP contribution in [0.15, 0.2) is 107 Å². The third-order valence-electron chi connectivity index (χ3n) is 6.05. The molecule has 0 bridgehead atoms. The molecule has 0 spiro atoms. The second-order valence-corrected chi connectivity index (χ2v) is 10.1. The largest absolute Gasteiger partial charge is 0.489 e. The van der Waals surface area contributed by atoms with Gasteiger partial charge in [0.05, 0.1) is 10.2 Å². The molecule has 0 radical (unpaired) electrons. The highest BCUT2D eigenvalue weighted by Gasteiger charge is 2.36. The van der Waals surface area contributed by atoms with Gasteiger partial charge in [-0.2, -0.15) is 0 Å².